The minimum absolute atomic E-state index is 0.0103. The van der Waals surface area contributed by atoms with Crippen LogP contribution in [0.5, 0.6) is 11.5 Å². The Kier molecular flexibility index (Phi) is 10.2. The van der Waals surface area contributed by atoms with Crippen LogP contribution >= 0.6 is 23.5 Å². The van der Waals surface area contributed by atoms with Crippen molar-refractivity contribution < 1.29 is 18.6 Å². The molecule has 3 aromatic carbocycles. The molecular weight excluding hydrogens is 541 g/mol. The summed E-state index contributed by atoms with van der Waals surface area (Å²) >= 11 is 3.50. The highest BCUT2D eigenvalue weighted by atomic mass is 32.2. The number of ether oxygens (including phenoxy) is 3. The minimum atomic E-state index is -2.60. The van der Waals surface area contributed by atoms with Gasteiger partial charge in [-0.15, -0.1) is 0 Å². The van der Waals surface area contributed by atoms with E-state index in [0.29, 0.717) is 12.5 Å². The van der Waals surface area contributed by atoms with E-state index in [2.05, 4.69) is 101 Å². The van der Waals surface area contributed by atoms with Crippen molar-refractivity contribution in [3.05, 3.63) is 72.3 Å². The number of rotatable bonds is 12. The monoisotopic (exact) mass is 582 g/mol. The van der Waals surface area contributed by atoms with Crippen LogP contribution in [-0.4, -0.2) is 40.5 Å². The number of methoxy groups -OCH3 is 2. The third kappa shape index (κ3) is 6.54. The fourth-order valence-electron chi connectivity index (χ4n) is 5.18. The normalized spacial score (nSPS) is 15.4. The van der Waals surface area contributed by atoms with Gasteiger partial charge in [-0.2, -0.15) is 0 Å². The molecule has 0 amide bonds. The molecule has 0 radical (unpaired) electrons. The Morgan fingerprint density at radius 2 is 1.41 bits per heavy atom. The average Bonchev–Trinajstić information content (AvgIpc) is 3.35. The van der Waals surface area contributed by atoms with E-state index in [1.165, 1.54) is 20.8 Å². The van der Waals surface area contributed by atoms with Crippen molar-refractivity contribution >= 4 is 42.2 Å². The number of hydrogen-bond acceptors (Lipinski definition) is 6. The lowest BCUT2D eigenvalue weighted by Crippen LogP contribution is -2.66. The second kappa shape index (κ2) is 13.2. The van der Waals surface area contributed by atoms with Crippen LogP contribution < -0.4 is 19.8 Å². The molecule has 1 unspecified atom stereocenters. The Labute approximate surface area is 244 Å². The molecule has 7 heteroatoms. The van der Waals surface area contributed by atoms with Gasteiger partial charge in [-0.1, -0.05) is 119 Å². The van der Waals surface area contributed by atoms with E-state index in [9.17, 15) is 0 Å². The Morgan fingerprint density at radius 1 is 0.821 bits per heavy atom. The van der Waals surface area contributed by atoms with Crippen molar-refractivity contribution in [2.75, 3.05) is 27.4 Å². The Morgan fingerprint density at radius 3 is 1.92 bits per heavy atom. The van der Waals surface area contributed by atoms with E-state index in [0.717, 1.165) is 35.8 Å². The van der Waals surface area contributed by atoms with Crippen LogP contribution in [0.15, 0.2) is 76.5 Å². The molecule has 1 heterocycles. The van der Waals surface area contributed by atoms with Gasteiger partial charge in [0.05, 0.1) is 19.1 Å². The lowest BCUT2D eigenvalue weighted by Gasteiger charge is -2.43. The summed E-state index contributed by atoms with van der Waals surface area (Å²) in [7, 11) is 0.812. The van der Waals surface area contributed by atoms with Gasteiger partial charge < -0.3 is 18.6 Å². The van der Waals surface area contributed by atoms with Crippen LogP contribution in [0.2, 0.25) is 5.04 Å². The number of fused-ring (bicyclic) bond motifs is 1. The highest BCUT2D eigenvalue weighted by molar-refractivity contribution is 8.19. The van der Waals surface area contributed by atoms with Gasteiger partial charge in [0.1, 0.15) is 0 Å². The fraction of sp³-hybridized carbons (Fsp3) is 0.438. The van der Waals surface area contributed by atoms with Gasteiger partial charge in [0.25, 0.3) is 8.32 Å². The largest absolute Gasteiger partial charge is 0.493 e. The highest BCUT2D eigenvalue weighted by Crippen LogP contribution is 2.56. The first kappa shape index (κ1) is 30.1. The van der Waals surface area contributed by atoms with Crippen LogP contribution in [0, 0.1) is 5.92 Å². The molecule has 0 spiro atoms. The van der Waals surface area contributed by atoms with Crippen LogP contribution in [0.4, 0.5) is 0 Å². The van der Waals surface area contributed by atoms with Gasteiger partial charge in [-0.3, -0.25) is 0 Å². The molecule has 4 rings (SSSR count). The summed E-state index contributed by atoms with van der Waals surface area (Å²) in [6.07, 6.45) is 1.83. The maximum absolute atomic E-state index is 7.20. The standard InChI is InChI=1S/C32H42O4S2Si/c1-23(2)18-20-35-31-37-29-24(22-27(33-6)28(34-7)30(29)38-31)19-21-36-39(32(3,4)5,25-14-10-8-11-15-25)26-16-12-9-13-17-26/h8-17,22-23,31H,18-21H2,1-7H3. The molecule has 39 heavy (non-hydrogen) atoms. The second-order valence-electron chi connectivity index (χ2n) is 11.3. The van der Waals surface area contributed by atoms with Crippen molar-refractivity contribution in [2.24, 2.45) is 5.92 Å². The lowest BCUT2D eigenvalue weighted by atomic mass is 10.1. The molecule has 0 saturated carbocycles. The van der Waals surface area contributed by atoms with E-state index in [1.54, 1.807) is 37.7 Å². The first-order chi connectivity index (χ1) is 18.7. The summed E-state index contributed by atoms with van der Waals surface area (Å²) < 4.78 is 25.0. The maximum Gasteiger partial charge on any atom is 0.261 e. The second-order valence-corrected chi connectivity index (χ2v) is 18.0. The molecule has 1 aliphatic rings. The molecular formula is C32H42O4S2Si. The van der Waals surface area contributed by atoms with Crippen LogP contribution in [0.1, 0.15) is 46.6 Å². The summed E-state index contributed by atoms with van der Waals surface area (Å²) in [5, 5.41) is 2.53. The molecule has 3 aromatic rings. The minimum Gasteiger partial charge on any atom is -0.493 e. The quantitative estimate of drug-likeness (QED) is 0.208. The molecule has 1 atom stereocenters. The van der Waals surface area contributed by atoms with E-state index in [1.807, 2.05) is 0 Å². The SMILES string of the molecule is COc1cc(CCO[Si](c2ccccc2)(c2ccccc2)C(C)(C)C)c2c(c1OC)SC(OCCC(C)C)S2. The van der Waals surface area contributed by atoms with Crippen molar-refractivity contribution in [1.82, 2.24) is 0 Å². The van der Waals surface area contributed by atoms with E-state index in [-0.39, 0.29) is 9.81 Å². The predicted molar refractivity (Wildman–Crippen MR) is 168 cm³/mol. The fourth-order valence-corrected chi connectivity index (χ4v) is 12.6. The van der Waals surface area contributed by atoms with Crippen molar-refractivity contribution in [1.29, 1.82) is 0 Å². The summed E-state index contributed by atoms with van der Waals surface area (Å²) in [5.74, 6) is 2.16. The molecule has 210 valence electrons. The van der Waals surface area contributed by atoms with Crippen molar-refractivity contribution in [3.8, 4) is 11.5 Å². The maximum atomic E-state index is 7.20. The Balaban J connectivity index is 1.64. The first-order valence-corrected chi connectivity index (χ1v) is 17.4. The molecule has 0 N–H and O–H groups in total. The van der Waals surface area contributed by atoms with Crippen molar-refractivity contribution in [3.63, 3.8) is 0 Å². The molecule has 4 nitrogen and oxygen atoms in total. The average molecular weight is 583 g/mol. The molecule has 0 aromatic heterocycles. The molecule has 0 saturated heterocycles. The number of thioether (sulfide) groups is 2. The molecule has 0 fully saturated rings. The zero-order chi connectivity index (χ0) is 28.0. The summed E-state index contributed by atoms with van der Waals surface area (Å²) in [5.41, 5.74) is 1.22. The highest BCUT2D eigenvalue weighted by Gasteiger charge is 2.50. The Bertz CT molecular complexity index is 1170. The molecule has 1 aliphatic heterocycles. The predicted octanol–water partition coefficient (Wildman–Crippen LogP) is 7.37. The topological polar surface area (TPSA) is 36.9 Å². The van der Waals surface area contributed by atoms with Gasteiger partial charge in [-0.25, -0.2) is 0 Å². The first-order valence-electron chi connectivity index (χ1n) is 13.7. The van der Waals surface area contributed by atoms with E-state index in [4.69, 9.17) is 18.6 Å². The third-order valence-electron chi connectivity index (χ3n) is 7.14. The number of hydrogen-bond donors (Lipinski definition) is 0. The summed E-state index contributed by atoms with van der Waals surface area (Å²) in [4.78, 5) is 2.33. The summed E-state index contributed by atoms with van der Waals surface area (Å²) in [6, 6.07) is 23.8. The molecule has 0 bridgehead atoms. The zero-order valence-corrected chi connectivity index (χ0v) is 26.9. The van der Waals surface area contributed by atoms with Crippen LogP contribution in [0.3, 0.4) is 0 Å². The van der Waals surface area contributed by atoms with Gasteiger partial charge in [-0.05, 0) is 45.8 Å². The van der Waals surface area contributed by atoms with Crippen LogP contribution in [0.25, 0.3) is 0 Å². The summed E-state index contributed by atoms with van der Waals surface area (Å²) in [6.45, 7) is 12.8. The van der Waals surface area contributed by atoms with Gasteiger partial charge in [0, 0.05) is 18.1 Å². The van der Waals surface area contributed by atoms with E-state index < -0.39 is 8.32 Å². The van der Waals surface area contributed by atoms with Gasteiger partial charge in [0.15, 0.2) is 16.3 Å². The number of benzene rings is 3. The smallest absolute Gasteiger partial charge is 0.261 e. The lowest BCUT2D eigenvalue weighted by molar-refractivity contribution is 0.151. The Hall–Kier alpha value is -1.90. The third-order valence-corrected chi connectivity index (χ3v) is 14.9. The molecule has 0 aliphatic carbocycles. The van der Waals surface area contributed by atoms with E-state index >= 15 is 0 Å². The van der Waals surface area contributed by atoms with Gasteiger partial charge >= 0.3 is 0 Å². The van der Waals surface area contributed by atoms with Crippen molar-refractivity contribution in [2.45, 2.75) is 67.1 Å². The van der Waals surface area contributed by atoms with Gasteiger partial charge in [0.2, 0.25) is 0 Å². The zero-order valence-electron chi connectivity index (χ0n) is 24.3. The van der Waals surface area contributed by atoms with Crippen LogP contribution in [-0.2, 0) is 15.6 Å².